The summed E-state index contributed by atoms with van der Waals surface area (Å²) in [4.78, 5) is 10.1. The Morgan fingerprint density at radius 3 is 2.79 bits per heavy atom. The monoisotopic (exact) mass is 192 g/mol. The molecule has 4 heteroatoms. The molecule has 0 aliphatic carbocycles. The average Bonchev–Trinajstić information content (AvgIpc) is 2.14. The highest BCUT2D eigenvalue weighted by atomic mass is 15.2. The Balaban J connectivity index is 2.83. The van der Waals surface area contributed by atoms with Crippen LogP contribution in [-0.2, 0) is 0 Å². The molecule has 0 unspecified atom stereocenters. The number of likely N-dealkylation sites (N-methyl/N-ethyl adjacent to an activating group) is 1. The zero-order valence-electron chi connectivity index (χ0n) is 8.70. The van der Waals surface area contributed by atoms with Crippen LogP contribution in [0.3, 0.4) is 0 Å². The third-order valence-electron chi connectivity index (χ3n) is 1.84. The first-order chi connectivity index (χ1) is 6.63. The minimum absolute atomic E-state index is 0.496. The molecule has 14 heavy (non-hydrogen) atoms. The summed E-state index contributed by atoms with van der Waals surface area (Å²) in [6, 6.07) is 1.77. The molecule has 0 amide bonds. The van der Waals surface area contributed by atoms with Crippen LogP contribution in [0.1, 0.15) is 13.8 Å². The molecule has 0 radical (unpaired) electrons. The van der Waals surface area contributed by atoms with Crippen LogP contribution in [0.15, 0.2) is 24.5 Å². The number of nitrogens with two attached hydrogens (primary N) is 1. The zero-order valence-corrected chi connectivity index (χ0v) is 8.70. The van der Waals surface area contributed by atoms with Crippen LogP contribution in [0.5, 0.6) is 0 Å². The standard InChI is InChI=1S/C10H16N4/c1-4-14(6-8(2)3)10-5-9(11)12-7-13-10/h5,7H,2,4,6H2,1,3H3,(H2,11,12,13). The topological polar surface area (TPSA) is 55.0 Å². The molecular weight excluding hydrogens is 176 g/mol. The predicted octanol–water partition coefficient (Wildman–Crippen LogP) is 1.46. The van der Waals surface area contributed by atoms with Crippen molar-refractivity contribution in [2.45, 2.75) is 13.8 Å². The molecule has 0 atom stereocenters. The Morgan fingerprint density at radius 2 is 2.29 bits per heavy atom. The molecule has 0 aromatic carbocycles. The van der Waals surface area contributed by atoms with Crippen LogP contribution >= 0.6 is 0 Å². The van der Waals surface area contributed by atoms with E-state index in [1.807, 2.05) is 6.92 Å². The molecule has 0 fully saturated rings. The fourth-order valence-corrected chi connectivity index (χ4v) is 1.22. The number of nitrogen functional groups attached to an aromatic ring is 1. The van der Waals surface area contributed by atoms with Gasteiger partial charge in [-0.2, -0.15) is 0 Å². The predicted molar refractivity (Wildman–Crippen MR) is 59.1 cm³/mol. The molecule has 1 heterocycles. The van der Waals surface area contributed by atoms with Crippen LogP contribution < -0.4 is 10.6 Å². The van der Waals surface area contributed by atoms with Gasteiger partial charge in [-0.15, -0.1) is 0 Å². The Kier molecular flexibility index (Phi) is 3.45. The minimum Gasteiger partial charge on any atom is -0.384 e. The molecule has 0 bridgehead atoms. The van der Waals surface area contributed by atoms with E-state index in [0.29, 0.717) is 5.82 Å². The Morgan fingerprint density at radius 1 is 1.57 bits per heavy atom. The van der Waals surface area contributed by atoms with Crippen molar-refractivity contribution in [3.8, 4) is 0 Å². The van der Waals surface area contributed by atoms with Gasteiger partial charge in [0.25, 0.3) is 0 Å². The third-order valence-corrected chi connectivity index (χ3v) is 1.84. The molecule has 1 rings (SSSR count). The Hall–Kier alpha value is -1.58. The summed E-state index contributed by atoms with van der Waals surface area (Å²) < 4.78 is 0. The minimum atomic E-state index is 0.496. The summed E-state index contributed by atoms with van der Waals surface area (Å²) in [5.41, 5.74) is 6.68. The average molecular weight is 192 g/mol. The van der Waals surface area contributed by atoms with Gasteiger partial charge in [0, 0.05) is 19.2 Å². The van der Waals surface area contributed by atoms with E-state index in [1.54, 1.807) is 6.07 Å². The van der Waals surface area contributed by atoms with Crippen molar-refractivity contribution in [2.75, 3.05) is 23.7 Å². The van der Waals surface area contributed by atoms with Crippen molar-refractivity contribution in [1.29, 1.82) is 0 Å². The SMILES string of the molecule is C=C(C)CN(CC)c1cc(N)ncn1. The second-order valence-electron chi connectivity index (χ2n) is 3.27. The largest absolute Gasteiger partial charge is 0.384 e. The quantitative estimate of drug-likeness (QED) is 0.734. The van der Waals surface area contributed by atoms with Gasteiger partial charge < -0.3 is 10.6 Å². The molecule has 0 saturated carbocycles. The fraction of sp³-hybridized carbons (Fsp3) is 0.400. The van der Waals surface area contributed by atoms with E-state index in [1.165, 1.54) is 6.33 Å². The molecule has 1 aromatic heterocycles. The van der Waals surface area contributed by atoms with Gasteiger partial charge in [-0.25, -0.2) is 9.97 Å². The summed E-state index contributed by atoms with van der Waals surface area (Å²) >= 11 is 0. The van der Waals surface area contributed by atoms with Crippen molar-refractivity contribution < 1.29 is 0 Å². The van der Waals surface area contributed by atoms with E-state index in [-0.39, 0.29) is 0 Å². The van der Waals surface area contributed by atoms with Gasteiger partial charge in [0.1, 0.15) is 18.0 Å². The second-order valence-corrected chi connectivity index (χ2v) is 3.27. The van der Waals surface area contributed by atoms with Crippen molar-refractivity contribution in [1.82, 2.24) is 9.97 Å². The molecule has 0 saturated heterocycles. The van der Waals surface area contributed by atoms with Gasteiger partial charge in [-0.05, 0) is 13.8 Å². The lowest BCUT2D eigenvalue weighted by atomic mass is 10.3. The number of hydrogen-bond acceptors (Lipinski definition) is 4. The van der Waals surface area contributed by atoms with E-state index in [2.05, 4.69) is 28.4 Å². The fourth-order valence-electron chi connectivity index (χ4n) is 1.22. The highest BCUT2D eigenvalue weighted by Crippen LogP contribution is 2.12. The first kappa shape index (κ1) is 10.5. The molecule has 0 aliphatic heterocycles. The lowest BCUT2D eigenvalue weighted by molar-refractivity contribution is 0.855. The highest BCUT2D eigenvalue weighted by Gasteiger charge is 2.05. The molecule has 2 N–H and O–H groups in total. The van der Waals surface area contributed by atoms with Gasteiger partial charge in [-0.1, -0.05) is 12.2 Å². The summed E-state index contributed by atoms with van der Waals surface area (Å²) in [6.45, 7) is 9.62. The van der Waals surface area contributed by atoms with E-state index in [0.717, 1.165) is 24.5 Å². The number of anilines is 2. The van der Waals surface area contributed by atoms with Gasteiger partial charge >= 0.3 is 0 Å². The van der Waals surface area contributed by atoms with Crippen LogP contribution in [0.2, 0.25) is 0 Å². The number of rotatable bonds is 4. The maximum absolute atomic E-state index is 5.58. The van der Waals surface area contributed by atoms with Crippen LogP contribution in [0.4, 0.5) is 11.6 Å². The van der Waals surface area contributed by atoms with Crippen LogP contribution in [0.25, 0.3) is 0 Å². The zero-order chi connectivity index (χ0) is 10.6. The van der Waals surface area contributed by atoms with E-state index < -0.39 is 0 Å². The number of aromatic nitrogens is 2. The Bertz CT molecular complexity index is 322. The normalized spacial score (nSPS) is 9.86. The van der Waals surface area contributed by atoms with Gasteiger partial charge in [-0.3, -0.25) is 0 Å². The summed E-state index contributed by atoms with van der Waals surface area (Å²) in [7, 11) is 0. The highest BCUT2D eigenvalue weighted by molar-refractivity contribution is 5.46. The third kappa shape index (κ3) is 2.73. The smallest absolute Gasteiger partial charge is 0.134 e. The molecule has 4 nitrogen and oxygen atoms in total. The Labute approximate surface area is 84.5 Å². The molecule has 0 spiro atoms. The maximum atomic E-state index is 5.58. The summed E-state index contributed by atoms with van der Waals surface area (Å²) in [5.74, 6) is 1.35. The molecular formula is C10H16N4. The van der Waals surface area contributed by atoms with Crippen molar-refractivity contribution in [3.05, 3.63) is 24.5 Å². The van der Waals surface area contributed by atoms with Gasteiger partial charge in [0.05, 0.1) is 0 Å². The number of nitrogens with zero attached hydrogens (tertiary/aromatic N) is 3. The first-order valence-corrected chi connectivity index (χ1v) is 4.60. The second kappa shape index (κ2) is 4.60. The molecule has 76 valence electrons. The van der Waals surface area contributed by atoms with Crippen molar-refractivity contribution >= 4 is 11.6 Å². The number of hydrogen-bond donors (Lipinski definition) is 1. The lowest BCUT2D eigenvalue weighted by Crippen LogP contribution is -2.25. The lowest BCUT2D eigenvalue weighted by Gasteiger charge is -2.21. The summed E-state index contributed by atoms with van der Waals surface area (Å²) in [5, 5.41) is 0. The summed E-state index contributed by atoms with van der Waals surface area (Å²) in [6.07, 6.45) is 1.48. The van der Waals surface area contributed by atoms with E-state index >= 15 is 0 Å². The molecule has 0 aliphatic rings. The maximum Gasteiger partial charge on any atom is 0.134 e. The van der Waals surface area contributed by atoms with Gasteiger partial charge in [0.15, 0.2) is 0 Å². The van der Waals surface area contributed by atoms with E-state index in [9.17, 15) is 0 Å². The van der Waals surface area contributed by atoms with E-state index in [4.69, 9.17) is 5.73 Å². The first-order valence-electron chi connectivity index (χ1n) is 4.60. The van der Waals surface area contributed by atoms with Gasteiger partial charge in [0.2, 0.25) is 0 Å². The van der Waals surface area contributed by atoms with Crippen LogP contribution in [0, 0.1) is 0 Å². The molecule has 1 aromatic rings. The van der Waals surface area contributed by atoms with Crippen LogP contribution in [-0.4, -0.2) is 23.1 Å². The van der Waals surface area contributed by atoms with Crippen molar-refractivity contribution in [3.63, 3.8) is 0 Å². The van der Waals surface area contributed by atoms with Crippen molar-refractivity contribution in [2.24, 2.45) is 0 Å².